The second-order valence-electron chi connectivity index (χ2n) is 3.87. The van der Waals surface area contributed by atoms with Crippen molar-refractivity contribution >= 4 is 32.2 Å². The normalized spacial score (nSPS) is 11.2. The van der Waals surface area contributed by atoms with Gasteiger partial charge in [0.2, 0.25) is 0 Å². The Labute approximate surface area is 115 Å². The van der Waals surface area contributed by atoms with Gasteiger partial charge >= 0.3 is 0 Å². The Morgan fingerprint density at radius 1 is 1.50 bits per heavy atom. The molecule has 0 aliphatic carbocycles. The largest absolute Gasteiger partial charge is 0.297 e. The number of hydrogen-bond donors (Lipinski definition) is 0. The number of hydrogen-bond acceptors (Lipinski definition) is 4. The first-order valence-corrected chi connectivity index (χ1v) is 6.95. The summed E-state index contributed by atoms with van der Waals surface area (Å²) in [7, 11) is 0. The predicted octanol–water partition coefficient (Wildman–Crippen LogP) is 2.07. The highest BCUT2D eigenvalue weighted by atomic mass is 79.9. The van der Waals surface area contributed by atoms with E-state index in [0.717, 1.165) is 10.7 Å². The van der Waals surface area contributed by atoms with Gasteiger partial charge in [0, 0.05) is 24.0 Å². The van der Waals surface area contributed by atoms with Gasteiger partial charge in [0.05, 0.1) is 12.2 Å². The maximum absolute atomic E-state index is 12.0. The molecule has 7 heteroatoms. The molecule has 0 amide bonds. The third-order valence-corrected chi connectivity index (χ3v) is 3.98. The molecule has 92 valence electrons. The number of rotatable bonds is 2. The molecule has 3 rings (SSSR count). The summed E-state index contributed by atoms with van der Waals surface area (Å²) in [6, 6.07) is 0. The van der Waals surface area contributed by atoms with Crippen LogP contribution in [0.4, 0.5) is 0 Å². The first-order valence-electron chi connectivity index (χ1n) is 5.28. The van der Waals surface area contributed by atoms with E-state index < -0.39 is 0 Å². The average molecular weight is 325 g/mol. The second-order valence-corrected chi connectivity index (χ2v) is 5.60. The van der Waals surface area contributed by atoms with Crippen LogP contribution < -0.4 is 5.56 Å². The molecule has 3 aromatic heterocycles. The van der Waals surface area contributed by atoms with Crippen LogP contribution in [0.3, 0.4) is 0 Å². The lowest BCUT2D eigenvalue weighted by atomic mass is 10.4. The molecule has 0 fully saturated rings. The lowest BCUT2D eigenvalue weighted by molar-refractivity contribution is 0.685. The van der Waals surface area contributed by atoms with Gasteiger partial charge in [-0.2, -0.15) is 0 Å². The summed E-state index contributed by atoms with van der Waals surface area (Å²) in [5.74, 6) is 0.680. The quantitative estimate of drug-likeness (QED) is 0.725. The minimum Gasteiger partial charge on any atom is -0.297 e. The fraction of sp³-hybridized carbons (Fsp3) is 0.182. The Morgan fingerprint density at radius 2 is 2.33 bits per heavy atom. The Bertz CT molecular complexity index is 744. The Hall–Kier alpha value is -1.47. The zero-order valence-electron chi connectivity index (χ0n) is 9.50. The molecule has 0 saturated heterocycles. The van der Waals surface area contributed by atoms with Crippen LogP contribution in [0.5, 0.6) is 0 Å². The molecule has 0 atom stereocenters. The van der Waals surface area contributed by atoms with Gasteiger partial charge in [0.15, 0.2) is 4.96 Å². The second kappa shape index (κ2) is 4.33. The molecule has 0 bridgehead atoms. The van der Waals surface area contributed by atoms with Crippen LogP contribution in [0, 0.1) is 6.92 Å². The smallest absolute Gasteiger partial charge is 0.268 e. The van der Waals surface area contributed by atoms with Crippen LogP contribution in [-0.4, -0.2) is 18.9 Å². The van der Waals surface area contributed by atoms with E-state index >= 15 is 0 Å². The van der Waals surface area contributed by atoms with Crippen molar-refractivity contribution in [3.8, 4) is 0 Å². The van der Waals surface area contributed by atoms with E-state index in [1.165, 1.54) is 6.20 Å². The van der Waals surface area contributed by atoms with E-state index in [9.17, 15) is 4.79 Å². The molecule has 3 aromatic rings. The van der Waals surface area contributed by atoms with Crippen molar-refractivity contribution < 1.29 is 0 Å². The minimum absolute atomic E-state index is 0.0844. The number of thiazole rings is 1. The summed E-state index contributed by atoms with van der Waals surface area (Å²) in [5, 5.41) is 1.98. The number of halogens is 1. The molecule has 3 heterocycles. The van der Waals surface area contributed by atoms with Gasteiger partial charge in [-0.15, -0.1) is 11.3 Å². The highest BCUT2D eigenvalue weighted by molar-refractivity contribution is 9.10. The summed E-state index contributed by atoms with van der Waals surface area (Å²) in [6.07, 6.45) is 5.41. The zero-order valence-corrected chi connectivity index (χ0v) is 11.9. The fourth-order valence-electron chi connectivity index (χ4n) is 1.75. The van der Waals surface area contributed by atoms with Crippen LogP contribution >= 0.6 is 27.3 Å². The Morgan fingerprint density at radius 3 is 3.11 bits per heavy atom. The molecule has 0 aromatic carbocycles. The van der Waals surface area contributed by atoms with Crippen molar-refractivity contribution in [1.82, 2.24) is 18.9 Å². The number of aromatic nitrogens is 4. The predicted molar refractivity (Wildman–Crippen MR) is 73.1 cm³/mol. The van der Waals surface area contributed by atoms with Crippen LogP contribution in [-0.2, 0) is 6.54 Å². The van der Waals surface area contributed by atoms with Gasteiger partial charge in [0.25, 0.3) is 5.56 Å². The van der Waals surface area contributed by atoms with Crippen molar-refractivity contribution in [2.75, 3.05) is 0 Å². The first-order chi connectivity index (χ1) is 8.65. The Kier molecular flexibility index (Phi) is 2.79. The van der Waals surface area contributed by atoms with Crippen LogP contribution in [0.15, 0.2) is 33.2 Å². The molecule has 5 nitrogen and oxygen atoms in total. The number of nitrogens with zero attached hydrogens (tertiary/aromatic N) is 4. The highest BCUT2D eigenvalue weighted by Gasteiger charge is 2.09. The van der Waals surface area contributed by atoms with Gasteiger partial charge in [-0.25, -0.2) is 9.97 Å². The van der Waals surface area contributed by atoms with E-state index in [1.54, 1.807) is 15.9 Å². The molecule has 0 saturated carbocycles. The maximum atomic E-state index is 12.0. The molecule has 0 aliphatic heterocycles. The van der Waals surface area contributed by atoms with E-state index in [2.05, 4.69) is 25.9 Å². The van der Waals surface area contributed by atoms with E-state index in [0.29, 0.717) is 16.8 Å². The molecule has 0 spiro atoms. The molecular formula is C11H9BrN4OS. The monoisotopic (exact) mass is 324 g/mol. The molecule has 0 aliphatic rings. The molecule has 18 heavy (non-hydrogen) atoms. The average Bonchev–Trinajstić information content (AvgIpc) is 2.90. The van der Waals surface area contributed by atoms with Crippen molar-refractivity contribution in [2.24, 2.45) is 0 Å². The number of fused-ring (bicyclic) bond motifs is 1. The summed E-state index contributed by atoms with van der Waals surface area (Å²) in [5.41, 5.74) is 0.769. The third-order valence-electron chi connectivity index (χ3n) is 2.67. The SMILES string of the molecule is Cc1ncc(Br)c(=O)n1Cc1cn2ccsc2n1. The topological polar surface area (TPSA) is 52.2 Å². The number of aryl methyl sites for hydroxylation is 1. The lowest BCUT2D eigenvalue weighted by Gasteiger charge is -2.06. The van der Waals surface area contributed by atoms with Gasteiger partial charge in [-0.3, -0.25) is 13.8 Å². The van der Waals surface area contributed by atoms with Crippen molar-refractivity contribution in [1.29, 1.82) is 0 Å². The van der Waals surface area contributed by atoms with Gasteiger partial charge in [-0.1, -0.05) is 0 Å². The summed E-state index contributed by atoms with van der Waals surface area (Å²) in [6.45, 7) is 2.25. The van der Waals surface area contributed by atoms with Crippen molar-refractivity contribution in [2.45, 2.75) is 13.5 Å². The van der Waals surface area contributed by atoms with E-state index in [-0.39, 0.29) is 5.56 Å². The van der Waals surface area contributed by atoms with Crippen LogP contribution in [0.2, 0.25) is 0 Å². The van der Waals surface area contributed by atoms with Gasteiger partial charge in [0.1, 0.15) is 10.3 Å². The van der Waals surface area contributed by atoms with Gasteiger partial charge in [-0.05, 0) is 22.9 Å². The van der Waals surface area contributed by atoms with Crippen molar-refractivity contribution in [3.05, 3.63) is 50.3 Å². The lowest BCUT2D eigenvalue weighted by Crippen LogP contribution is -2.24. The minimum atomic E-state index is -0.0844. The Balaban J connectivity index is 2.05. The highest BCUT2D eigenvalue weighted by Crippen LogP contribution is 2.12. The van der Waals surface area contributed by atoms with Gasteiger partial charge < -0.3 is 0 Å². The maximum Gasteiger partial charge on any atom is 0.268 e. The fourth-order valence-corrected chi connectivity index (χ4v) is 2.79. The zero-order chi connectivity index (χ0) is 12.7. The van der Waals surface area contributed by atoms with Crippen molar-refractivity contribution in [3.63, 3.8) is 0 Å². The molecular weight excluding hydrogens is 316 g/mol. The van der Waals surface area contributed by atoms with Crippen LogP contribution in [0.25, 0.3) is 4.96 Å². The van der Waals surface area contributed by atoms with E-state index in [1.807, 2.05) is 29.1 Å². The molecule has 0 N–H and O–H groups in total. The summed E-state index contributed by atoms with van der Waals surface area (Å²) < 4.78 is 4.02. The standard InChI is InChI=1S/C11H9BrN4OS/c1-7-13-4-9(12)10(17)16(7)6-8-5-15-2-3-18-11(15)14-8/h2-5H,6H2,1H3. The first kappa shape index (κ1) is 11.6. The number of imidazole rings is 1. The van der Waals surface area contributed by atoms with Crippen LogP contribution in [0.1, 0.15) is 11.5 Å². The molecule has 0 unspecified atom stereocenters. The summed E-state index contributed by atoms with van der Waals surface area (Å²) >= 11 is 4.77. The van der Waals surface area contributed by atoms with E-state index in [4.69, 9.17) is 0 Å². The third kappa shape index (κ3) is 1.89. The summed E-state index contributed by atoms with van der Waals surface area (Å²) in [4.78, 5) is 21.5. The molecule has 0 radical (unpaired) electrons.